The van der Waals surface area contributed by atoms with Gasteiger partial charge in [-0.1, -0.05) is 30.3 Å². The Kier molecular flexibility index (Phi) is 10.2. The topological polar surface area (TPSA) is 136 Å². The van der Waals surface area contributed by atoms with Crippen molar-refractivity contribution in [2.45, 2.75) is 49.3 Å². The number of nitrogens with one attached hydrogen (secondary N) is 2. The molecule has 0 saturated carbocycles. The second-order valence-corrected chi connectivity index (χ2v) is 12.3. The van der Waals surface area contributed by atoms with E-state index >= 15 is 0 Å². The first-order valence-corrected chi connectivity index (χ1v) is 15.4. The minimum absolute atomic E-state index is 0.0319. The predicted molar refractivity (Wildman–Crippen MR) is 159 cm³/mol. The molecule has 3 aromatic rings. The third kappa shape index (κ3) is 7.28. The van der Waals surface area contributed by atoms with Gasteiger partial charge in [0.2, 0.25) is 5.90 Å². The van der Waals surface area contributed by atoms with Crippen LogP contribution in [0.4, 0.5) is 0 Å². The molecule has 1 aliphatic heterocycles. The van der Waals surface area contributed by atoms with Crippen LogP contribution in [0.1, 0.15) is 43.9 Å². The van der Waals surface area contributed by atoms with Gasteiger partial charge in [0.15, 0.2) is 21.5 Å². The molecule has 0 saturated heterocycles. The summed E-state index contributed by atoms with van der Waals surface area (Å²) in [5.74, 6) is 0.493. The molecular weight excluding hydrogens is 558 g/mol. The average molecular weight is 596 g/mol. The predicted octanol–water partition coefficient (Wildman–Crippen LogP) is 3.61. The molecule has 11 heteroatoms. The van der Waals surface area contributed by atoms with Crippen LogP contribution >= 0.6 is 0 Å². The van der Waals surface area contributed by atoms with Crippen LogP contribution in [0.3, 0.4) is 0 Å². The molecule has 0 spiro atoms. The Morgan fingerprint density at radius 2 is 1.79 bits per heavy atom. The lowest BCUT2D eigenvalue weighted by molar-refractivity contribution is -0.130. The fraction of sp³-hybridized carbons (Fsp3) is 0.355. The quantitative estimate of drug-likeness (QED) is 0.190. The maximum atomic E-state index is 14.0. The smallest absolute Gasteiger partial charge is 0.266 e. The molecule has 224 valence electrons. The molecule has 1 heterocycles. The summed E-state index contributed by atoms with van der Waals surface area (Å²) in [6.45, 7) is 4.14. The van der Waals surface area contributed by atoms with E-state index in [4.69, 9.17) is 24.3 Å². The van der Waals surface area contributed by atoms with Crippen LogP contribution in [0.5, 0.6) is 11.5 Å². The van der Waals surface area contributed by atoms with Crippen molar-refractivity contribution in [2.75, 3.05) is 26.1 Å². The number of methoxy groups -OCH3 is 1. The van der Waals surface area contributed by atoms with E-state index in [1.807, 2.05) is 13.8 Å². The first kappa shape index (κ1) is 31.0. The first-order chi connectivity index (χ1) is 20.2. The molecule has 0 fully saturated rings. The maximum absolute atomic E-state index is 14.0. The lowest BCUT2D eigenvalue weighted by atomic mass is 9.85. The Morgan fingerprint density at radius 1 is 1.05 bits per heavy atom. The molecule has 0 aliphatic carbocycles. The molecule has 42 heavy (non-hydrogen) atoms. The van der Waals surface area contributed by atoms with Crippen molar-refractivity contribution in [3.8, 4) is 11.5 Å². The van der Waals surface area contributed by atoms with Gasteiger partial charge < -0.3 is 19.3 Å². The average Bonchev–Trinajstić information content (AvgIpc) is 3.41. The van der Waals surface area contributed by atoms with Crippen LogP contribution in [-0.2, 0) is 19.4 Å². The summed E-state index contributed by atoms with van der Waals surface area (Å²) in [7, 11) is -2.21. The number of aliphatic hydroxyl groups excluding tert-OH is 1. The number of hydrogen-bond donors (Lipinski definition) is 3. The van der Waals surface area contributed by atoms with Gasteiger partial charge in [-0.15, -0.1) is 0 Å². The molecule has 0 aromatic heterocycles. The molecule has 0 radical (unpaired) electrons. The van der Waals surface area contributed by atoms with Crippen molar-refractivity contribution in [1.82, 2.24) is 10.9 Å². The SMILES string of the molecule is COc1cccc([C@@H]2OC(c3ccc(OCCCO)cc3)=N[C@]2(CCS(=O)(=O)c2ccccc2)C(=O)NNC(C)C)c1. The number of nitrogens with zero attached hydrogens (tertiary/aromatic N) is 1. The van der Waals surface area contributed by atoms with Crippen LogP contribution in [0, 0.1) is 0 Å². The summed E-state index contributed by atoms with van der Waals surface area (Å²) >= 11 is 0. The summed E-state index contributed by atoms with van der Waals surface area (Å²) in [5, 5.41) is 9.01. The number of carbonyl (C=O) groups is 1. The number of aliphatic hydroxyl groups is 1. The zero-order valence-electron chi connectivity index (χ0n) is 23.9. The first-order valence-electron chi connectivity index (χ1n) is 13.8. The molecule has 3 N–H and O–H groups in total. The number of amides is 1. The maximum Gasteiger partial charge on any atom is 0.266 e. The lowest BCUT2D eigenvalue weighted by Gasteiger charge is -2.31. The second kappa shape index (κ2) is 13.8. The standard InChI is InChI=1S/C31H37N3O7S/c1-22(2)33-34-30(36)31(17-20-42(37,38)27-11-5-4-6-12-27)28(24-9-7-10-26(21-24)39-3)41-29(32-31)23-13-15-25(16-14-23)40-19-8-18-35/h4-7,9-16,21-22,28,33,35H,8,17-20H2,1-3H3,(H,34,36)/t28-,31-/m0/s1. The Morgan fingerprint density at radius 3 is 2.45 bits per heavy atom. The van der Waals surface area contributed by atoms with Gasteiger partial charge in [0.25, 0.3) is 5.91 Å². The van der Waals surface area contributed by atoms with Crippen LogP contribution < -0.4 is 20.3 Å². The summed E-state index contributed by atoms with van der Waals surface area (Å²) in [6, 6.07) is 22.2. The number of hydrazine groups is 1. The van der Waals surface area contributed by atoms with Crippen LogP contribution in [-0.4, -0.2) is 63.0 Å². The fourth-order valence-electron chi connectivity index (χ4n) is 4.53. The third-order valence-electron chi connectivity index (χ3n) is 6.76. The van der Waals surface area contributed by atoms with Crippen molar-refractivity contribution in [3.63, 3.8) is 0 Å². The van der Waals surface area contributed by atoms with Gasteiger partial charge in [-0.3, -0.25) is 10.2 Å². The number of carbonyl (C=O) groups excluding carboxylic acids is 1. The number of rotatable bonds is 14. The van der Waals surface area contributed by atoms with Crippen LogP contribution in [0.2, 0.25) is 0 Å². The minimum Gasteiger partial charge on any atom is -0.497 e. The molecule has 0 unspecified atom stereocenters. The minimum atomic E-state index is -3.75. The highest BCUT2D eigenvalue weighted by atomic mass is 32.2. The number of sulfone groups is 1. The van der Waals surface area contributed by atoms with E-state index in [0.29, 0.717) is 35.7 Å². The van der Waals surface area contributed by atoms with Gasteiger partial charge in [0.05, 0.1) is 24.4 Å². The van der Waals surface area contributed by atoms with Gasteiger partial charge >= 0.3 is 0 Å². The molecule has 2 atom stereocenters. The Labute approximate surface area is 246 Å². The Bertz CT molecular complexity index is 1480. The Balaban J connectivity index is 1.77. The van der Waals surface area contributed by atoms with Gasteiger partial charge in [0, 0.05) is 31.1 Å². The monoisotopic (exact) mass is 595 g/mol. The highest BCUT2D eigenvalue weighted by Crippen LogP contribution is 2.43. The molecule has 3 aromatic carbocycles. The third-order valence-corrected chi connectivity index (χ3v) is 8.49. The van der Waals surface area contributed by atoms with Crippen molar-refractivity contribution in [3.05, 3.63) is 90.0 Å². The number of hydrogen-bond acceptors (Lipinski definition) is 9. The molecule has 10 nitrogen and oxygen atoms in total. The van der Waals surface area contributed by atoms with Crippen molar-refractivity contribution in [1.29, 1.82) is 0 Å². The number of ether oxygens (including phenoxy) is 3. The summed E-state index contributed by atoms with van der Waals surface area (Å²) in [4.78, 5) is 19.0. The van der Waals surface area contributed by atoms with Crippen LogP contribution in [0.15, 0.2) is 88.8 Å². The Hall–Kier alpha value is -3.93. The molecular formula is C31H37N3O7S. The van der Waals surface area contributed by atoms with Gasteiger partial charge in [-0.05, 0) is 67.9 Å². The van der Waals surface area contributed by atoms with Gasteiger partial charge in [-0.2, -0.15) is 0 Å². The summed E-state index contributed by atoms with van der Waals surface area (Å²) < 4.78 is 44.2. The normalized spacial score (nSPS) is 18.3. The number of aliphatic imine (C=N–C) groups is 1. The van der Waals surface area contributed by atoms with Gasteiger partial charge in [0.1, 0.15) is 11.5 Å². The fourth-order valence-corrected chi connectivity index (χ4v) is 5.92. The summed E-state index contributed by atoms with van der Waals surface area (Å²) in [5.41, 5.74) is 5.22. The van der Waals surface area contributed by atoms with Crippen molar-refractivity contribution >= 4 is 21.6 Å². The lowest BCUT2D eigenvalue weighted by Crippen LogP contribution is -2.54. The molecule has 1 aliphatic rings. The molecule has 1 amide bonds. The molecule has 0 bridgehead atoms. The second-order valence-electron chi connectivity index (χ2n) is 10.2. The van der Waals surface area contributed by atoms with Crippen molar-refractivity contribution in [2.24, 2.45) is 4.99 Å². The molecule has 4 rings (SSSR count). The largest absolute Gasteiger partial charge is 0.497 e. The van der Waals surface area contributed by atoms with Crippen LogP contribution in [0.25, 0.3) is 0 Å². The van der Waals surface area contributed by atoms with E-state index in [2.05, 4.69) is 10.9 Å². The number of benzene rings is 3. The highest BCUT2D eigenvalue weighted by molar-refractivity contribution is 7.91. The summed E-state index contributed by atoms with van der Waals surface area (Å²) in [6.07, 6.45) is -0.597. The van der Waals surface area contributed by atoms with E-state index in [0.717, 1.165) is 0 Å². The van der Waals surface area contributed by atoms with E-state index in [-0.39, 0.29) is 35.6 Å². The van der Waals surface area contributed by atoms with E-state index in [1.165, 1.54) is 12.1 Å². The van der Waals surface area contributed by atoms with Gasteiger partial charge in [-0.25, -0.2) is 18.8 Å². The van der Waals surface area contributed by atoms with E-state index < -0.39 is 27.4 Å². The van der Waals surface area contributed by atoms with E-state index in [9.17, 15) is 13.2 Å². The highest BCUT2D eigenvalue weighted by Gasteiger charge is 2.54. The van der Waals surface area contributed by atoms with Crippen molar-refractivity contribution < 1.29 is 32.5 Å². The van der Waals surface area contributed by atoms with E-state index in [1.54, 1.807) is 73.8 Å². The zero-order valence-corrected chi connectivity index (χ0v) is 24.8. The zero-order chi connectivity index (χ0) is 30.2.